The second-order valence-electron chi connectivity index (χ2n) is 5.03. The Kier molecular flexibility index (Phi) is 3.98. The number of aromatic hydroxyl groups is 1. The summed E-state index contributed by atoms with van der Waals surface area (Å²) in [5.74, 6) is 1.50. The number of H-pyrrole nitrogens is 1. The van der Waals surface area contributed by atoms with Gasteiger partial charge in [-0.2, -0.15) is 0 Å². The predicted molar refractivity (Wildman–Crippen MR) is 87.1 cm³/mol. The molecule has 0 radical (unpaired) electrons. The van der Waals surface area contributed by atoms with Crippen LogP contribution in [-0.4, -0.2) is 10.1 Å². The van der Waals surface area contributed by atoms with E-state index < -0.39 is 0 Å². The van der Waals surface area contributed by atoms with Crippen LogP contribution >= 0.6 is 11.3 Å². The molecule has 4 nitrogen and oxygen atoms in total. The molecule has 0 atom stereocenters. The van der Waals surface area contributed by atoms with E-state index in [-0.39, 0.29) is 10.8 Å². The monoisotopic (exact) mass is 313 g/mol. The smallest absolute Gasteiger partial charge is 0.307 e. The van der Waals surface area contributed by atoms with Crippen LogP contribution in [0.1, 0.15) is 16.0 Å². The molecule has 0 aliphatic rings. The number of nitrogens with one attached hydrogen (secondary N) is 1. The lowest BCUT2D eigenvalue weighted by atomic mass is 10.1. The zero-order chi connectivity index (χ0) is 15.5. The van der Waals surface area contributed by atoms with Crippen LogP contribution in [0.3, 0.4) is 0 Å². The molecule has 2 aromatic carbocycles. The number of aromatic nitrogens is 1. The van der Waals surface area contributed by atoms with Crippen LogP contribution in [0.25, 0.3) is 0 Å². The van der Waals surface area contributed by atoms with Crippen LogP contribution in [0.4, 0.5) is 0 Å². The molecular weight excluding hydrogens is 298 g/mol. The fraction of sp³-hybridized carbons (Fsp3) is 0.118. The van der Waals surface area contributed by atoms with Crippen molar-refractivity contribution in [3.8, 4) is 17.4 Å². The van der Waals surface area contributed by atoms with Crippen LogP contribution < -0.4 is 9.61 Å². The molecule has 5 heteroatoms. The first-order valence-electron chi connectivity index (χ1n) is 6.84. The third-order valence-corrected chi connectivity index (χ3v) is 4.09. The Morgan fingerprint density at radius 1 is 1.14 bits per heavy atom. The summed E-state index contributed by atoms with van der Waals surface area (Å²) in [6.07, 6.45) is 0.514. The van der Waals surface area contributed by atoms with Gasteiger partial charge in [0, 0.05) is 6.42 Å². The standard InChI is InChI=1S/C17H15NO3S/c1-11-3-2-4-14(9-11)21-13-7-5-12(6-8-13)10-15-16(19)18-17(20)22-15/h2-9,19H,10H2,1H3,(H,18,20). The maximum Gasteiger partial charge on any atom is 0.307 e. The van der Waals surface area contributed by atoms with Crippen LogP contribution in [0.15, 0.2) is 53.3 Å². The molecule has 0 amide bonds. The number of thiazole rings is 1. The summed E-state index contributed by atoms with van der Waals surface area (Å²) in [6.45, 7) is 2.02. The normalized spacial score (nSPS) is 10.6. The number of aromatic amines is 1. The van der Waals surface area contributed by atoms with Crippen molar-refractivity contribution < 1.29 is 9.84 Å². The summed E-state index contributed by atoms with van der Waals surface area (Å²) in [6, 6.07) is 15.5. The van der Waals surface area contributed by atoms with Crippen molar-refractivity contribution >= 4 is 11.3 Å². The van der Waals surface area contributed by atoms with Crippen LogP contribution in [-0.2, 0) is 6.42 Å². The summed E-state index contributed by atoms with van der Waals surface area (Å²) in [7, 11) is 0. The Hall–Kier alpha value is -2.53. The maximum absolute atomic E-state index is 11.2. The zero-order valence-electron chi connectivity index (χ0n) is 12.0. The minimum absolute atomic E-state index is 0.0462. The summed E-state index contributed by atoms with van der Waals surface area (Å²) < 4.78 is 5.79. The average molecular weight is 313 g/mol. The van der Waals surface area contributed by atoms with Crippen LogP contribution in [0.2, 0.25) is 0 Å². The highest BCUT2D eigenvalue weighted by Crippen LogP contribution is 2.25. The largest absolute Gasteiger partial charge is 0.494 e. The number of benzene rings is 2. The molecule has 2 N–H and O–H groups in total. The van der Waals surface area contributed by atoms with E-state index in [9.17, 15) is 9.90 Å². The van der Waals surface area contributed by atoms with Crippen molar-refractivity contribution in [1.29, 1.82) is 0 Å². The summed E-state index contributed by atoms with van der Waals surface area (Å²) in [4.78, 5) is 13.9. The fourth-order valence-electron chi connectivity index (χ4n) is 2.15. The number of aryl methyl sites for hydroxylation is 1. The highest BCUT2D eigenvalue weighted by molar-refractivity contribution is 7.09. The highest BCUT2D eigenvalue weighted by Gasteiger charge is 2.07. The lowest BCUT2D eigenvalue weighted by Gasteiger charge is -2.07. The second-order valence-corrected chi connectivity index (χ2v) is 6.09. The maximum atomic E-state index is 11.2. The molecule has 3 rings (SSSR count). The van der Waals surface area contributed by atoms with E-state index in [4.69, 9.17) is 4.74 Å². The van der Waals surface area contributed by atoms with Crippen LogP contribution in [0, 0.1) is 6.92 Å². The van der Waals surface area contributed by atoms with E-state index in [1.165, 1.54) is 0 Å². The van der Waals surface area contributed by atoms with E-state index in [2.05, 4.69) is 4.98 Å². The molecule has 0 bridgehead atoms. The first-order chi connectivity index (χ1) is 10.6. The van der Waals surface area contributed by atoms with Gasteiger partial charge in [0.1, 0.15) is 11.5 Å². The molecule has 0 aliphatic heterocycles. The van der Waals surface area contributed by atoms with Crippen molar-refractivity contribution in [3.63, 3.8) is 0 Å². The third kappa shape index (κ3) is 3.38. The van der Waals surface area contributed by atoms with Gasteiger partial charge in [-0.3, -0.25) is 9.78 Å². The van der Waals surface area contributed by atoms with Gasteiger partial charge in [0.2, 0.25) is 5.88 Å². The van der Waals surface area contributed by atoms with Gasteiger partial charge in [0.05, 0.1) is 4.88 Å². The Morgan fingerprint density at radius 3 is 2.55 bits per heavy atom. The van der Waals surface area contributed by atoms with Crippen molar-refractivity contribution in [2.45, 2.75) is 13.3 Å². The van der Waals surface area contributed by atoms with E-state index in [1.807, 2.05) is 55.5 Å². The van der Waals surface area contributed by atoms with E-state index in [0.29, 0.717) is 11.3 Å². The number of hydrogen-bond acceptors (Lipinski definition) is 4. The van der Waals surface area contributed by atoms with Gasteiger partial charge < -0.3 is 9.84 Å². The van der Waals surface area contributed by atoms with E-state index in [0.717, 1.165) is 34.0 Å². The van der Waals surface area contributed by atoms with Crippen molar-refractivity contribution in [2.75, 3.05) is 0 Å². The predicted octanol–water partition coefficient (Wildman–Crippen LogP) is 3.83. The molecule has 3 aromatic rings. The van der Waals surface area contributed by atoms with Crippen molar-refractivity contribution in [3.05, 3.63) is 74.2 Å². The lowest BCUT2D eigenvalue weighted by Crippen LogP contribution is -1.89. The first-order valence-corrected chi connectivity index (χ1v) is 7.66. The quantitative estimate of drug-likeness (QED) is 0.769. The molecule has 1 aromatic heterocycles. The molecule has 0 spiro atoms. The molecule has 0 aliphatic carbocycles. The zero-order valence-corrected chi connectivity index (χ0v) is 12.8. The molecule has 0 saturated heterocycles. The lowest BCUT2D eigenvalue weighted by molar-refractivity contribution is 0.451. The third-order valence-electron chi connectivity index (χ3n) is 3.21. The molecule has 22 heavy (non-hydrogen) atoms. The number of ether oxygens (including phenoxy) is 1. The Balaban J connectivity index is 1.72. The Morgan fingerprint density at radius 2 is 1.91 bits per heavy atom. The topological polar surface area (TPSA) is 62.3 Å². The van der Waals surface area contributed by atoms with Gasteiger partial charge in [-0.15, -0.1) is 0 Å². The SMILES string of the molecule is Cc1cccc(Oc2ccc(Cc3sc(=O)[nH]c3O)cc2)c1. The average Bonchev–Trinajstić information content (AvgIpc) is 2.79. The Labute approximate surface area is 131 Å². The van der Waals surface area contributed by atoms with E-state index >= 15 is 0 Å². The molecular formula is C17H15NO3S. The minimum atomic E-state index is -0.244. The van der Waals surface area contributed by atoms with E-state index in [1.54, 1.807) is 0 Å². The van der Waals surface area contributed by atoms with Gasteiger partial charge in [0.25, 0.3) is 0 Å². The molecule has 0 saturated carbocycles. The van der Waals surface area contributed by atoms with Gasteiger partial charge >= 0.3 is 4.87 Å². The highest BCUT2D eigenvalue weighted by atomic mass is 32.1. The number of hydrogen-bond donors (Lipinski definition) is 2. The summed E-state index contributed by atoms with van der Waals surface area (Å²) in [5.41, 5.74) is 2.15. The van der Waals surface area contributed by atoms with Gasteiger partial charge in [-0.1, -0.05) is 35.6 Å². The summed E-state index contributed by atoms with van der Waals surface area (Å²) >= 11 is 1.03. The van der Waals surface area contributed by atoms with Crippen molar-refractivity contribution in [2.24, 2.45) is 0 Å². The van der Waals surface area contributed by atoms with Crippen LogP contribution in [0.5, 0.6) is 17.4 Å². The minimum Gasteiger partial charge on any atom is -0.494 e. The van der Waals surface area contributed by atoms with Crippen molar-refractivity contribution in [1.82, 2.24) is 4.98 Å². The molecule has 1 heterocycles. The molecule has 0 fully saturated rings. The fourth-order valence-corrected chi connectivity index (χ4v) is 2.91. The second kappa shape index (κ2) is 6.07. The summed E-state index contributed by atoms with van der Waals surface area (Å²) in [5, 5.41) is 9.60. The Bertz CT molecular complexity index is 834. The number of rotatable bonds is 4. The van der Waals surface area contributed by atoms with Gasteiger partial charge in [-0.25, -0.2) is 0 Å². The molecule has 0 unspecified atom stereocenters. The molecule has 112 valence electrons. The first kappa shape index (κ1) is 14.4. The van der Waals surface area contributed by atoms with Gasteiger partial charge in [0.15, 0.2) is 0 Å². The van der Waals surface area contributed by atoms with Gasteiger partial charge in [-0.05, 0) is 42.3 Å².